The zero-order chi connectivity index (χ0) is 19.0. The first kappa shape index (κ1) is 17.5. The third-order valence-electron chi connectivity index (χ3n) is 4.09. The maximum atomic E-state index is 13.2. The molecule has 4 rings (SSSR count). The summed E-state index contributed by atoms with van der Waals surface area (Å²) >= 11 is 11.2. The first-order chi connectivity index (χ1) is 13.0. The van der Waals surface area contributed by atoms with Gasteiger partial charge in [-0.25, -0.2) is 14.4 Å². The molecule has 0 atom stereocenters. The van der Waals surface area contributed by atoms with Crippen molar-refractivity contribution in [3.8, 4) is 17.1 Å². The van der Waals surface area contributed by atoms with Gasteiger partial charge in [0.2, 0.25) is 4.77 Å². The van der Waals surface area contributed by atoms with Gasteiger partial charge in [0.25, 0.3) is 5.56 Å². The van der Waals surface area contributed by atoms with Crippen molar-refractivity contribution in [1.29, 1.82) is 0 Å². The topological polar surface area (TPSA) is 52.7 Å². The van der Waals surface area contributed by atoms with Crippen LogP contribution in [0.25, 0.3) is 17.1 Å². The van der Waals surface area contributed by atoms with E-state index in [2.05, 4.69) is 9.97 Å². The molecule has 0 aliphatic carbocycles. The van der Waals surface area contributed by atoms with Gasteiger partial charge in [-0.2, -0.15) is 0 Å². The van der Waals surface area contributed by atoms with Crippen molar-refractivity contribution in [3.05, 3.63) is 92.6 Å². The lowest BCUT2D eigenvalue weighted by Gasteiger charge is -2.16. The zero-order valence-corrected chi connectivity index (χ0v) is 15.4. The molecule has 0 spiro atoms. The van der Waals surface area contributed by atoms with E-state index < -0.39 is 0 Å². The minimum atomic E-state index is -0.388. The molecule has 0 saturated heterocycles. The second-order valence-corrected chi connectivity index (χ2v) is 6.63. The monoisotopic (exact) mass is 398 g/mol. The Morgan fingerprint density at radius 2 is 1.89 bits per heavy atom. The van der Waals surface area contributed by atoms with E-state index in [0.29, 0.717) is 28.8 Å². The lowest BCUT2D eigenvalue weighted by molar-refractivity contribution is 0.627. The maximum Gasteiger partial charge on any atom is 0.268 e. The lowest BCUT2D eigenvalue weighted by Crippen LogP contribution is -2.25. The Morgan fingerprint density at radius 3 is 2.59 bits per heavy atom. The molecule has 134 valence electrons. The van der Waals surface area contributed by atoms with Gasteiger partial charge in [0.1, 0.15) is 16.8 Å². The number of aromatic nitrogens is 4. The summed E-state index contributed by atoms with van der Waals surface area (Å²) in [6.45, 7) is 0.462. The molecule has 27 heavy (non-hydrogen) atoms. The fraction of sp³-hybridized carbons (Fsp3) is 0.0526. The van der Waals surface area contributed by atoms with Crippen molar-refractivity contribution >= 4 is 23.8 Å². The number of fused-ring (bicyclic) bond motifs is 1. The number of benzene rings is 1. The average molecular weight is 399 g/mol. The van der Waals surface area contributed by atoms with Crippen LogP contribution in [0.5, 0.6) is 0 Å². The second-order valence-electron chi connectivity index (χ2n) is 5.87. The number of pyridine rings is 2. The van der Waals surface area contributed by atoms with E-state index in [1.54, 1.807) is 24.4 Å². The molecule has 0 amide bonds. The molecule has 8 heteroatoms. The van der Waals surface area contributed by atoms with Gasteiger partial charge in [-0.05, 0) is 60.2 Å². The third-order valence-corrected chi connectivity index (χ3v) is 4.59. The Balaban J connectivity index is 1.85. The van der Waals surface area contributed by atoms with Crippen LogP contribution in [0.2, 0.25) is 5.15 Å². The highest BCUT2D eigenvalue weighted by Crippen LogP contribution is 2.18. The summed E-state index contributed by atoms with van der Waals surface area (Å²) in [6, 6.07) is 12.6. The highest BCUT2D eigenvalue weighted by atomic mass is 35.5. The van der Waals surface area contributed by atoms with Crippen molar-refractivity contribution < 1.29 is 4.39 Å². The van der Waals surface area contributed by atoms with Crippen LogP contribution >= 0.6 is 23.8 Å². The van der Waals surface area contributed by atoms with Crippen LogP contribution in [0.15, 0.2) is 65.7 Å². The summed E-state index contributed by atoms with van der Waals surface area (Å²) in [6.07, 6.45) is 3.49. The molecular formula is C19H12ClFN4OS. The van der Waals surface area contributed by atoms with E-state index in [-0.39, 0.29) is 16.1 Å². The number of rotatable bonds is 3. The SMILES string of the molecule is O=c1c2cccn(Cc3ccc(Cl)nc3)c-2nc(=S)n1-c1ccc(F)cc1. The molecule has 2 aliphatic heterocycles. The molecular weight excluding hydrogens is 387 g/mol. The summed E-state index contributed by atoms with van der Waals surface area (Å²) in [5.41, 5.74) is 1.49. The Kier molecular flexibility index (Phi) is 4.55. The number of halogens is 2. The summed E-state index contributed by atoms with van der Waals surface area (Å²) in [5, 5.41) is 0.412. The Hall–Kier alpha value is -2.90. The largest absolute Gasteiger partial charge is 0.328 e. The molecule has 0 radical (unpaired) electrons. The molecule has 0 saturated carbocycles. The van der Waals surface area contributed by atoms with Crippen LogP contribution in [0, 0.1) is 10.6 Å². The maximum absolute atomic E-state index is 13.2. The minimum absolute atomic E-state index is 0.105. The van der Waals surface area contributed by atoms with E-state index in [9.17, 15) is 9.18 Å². The summed E-state index contributed by atoms with van der Waals surface area (Å²) in [4.78, 5) is 21.5. The van der Waals surface area contributed by atoms with Crippen LogP contribution < -0.4 is 5.56 Å². The molecule has 2 aromatic rings. The van der Waals surface area contributed by atoms with Crippen LogP contribution in [0.1, 0.15) is 5.56 Å². The van der Waals surface area contributed by atoms with Crippen LogP contribution in [0.4, 0.5) is 4.39 Å². The molecule has 3 heterocycles. The normalized spacial score (nSPS) is 11.0. The molecule has 0 unspecified atom stereocenters. The Morgan fingerprint density at radius 1 is 1.11 bits per heavy atom. The number of hydrogen-bond donors (Lipinski definition) is 0. The average Bonchev–Trinajstić information content (AvgIpc) is 2.66. The fourth-order valence-electron chi connectivity index (χ4n) is 2.82. The minimum Gasteiger partial charge on any atom is -0.328 e. The predicted octanol–water partition coefficient (Wildman–Crippen LogP) is 4.10. The van der Waals surface area contributed by atoms with Gasteiger partial charge < -0.3 is 4.57 Å². The molecule has 0 bridgehead atoms. The van der Waals surface area contributed by atoms with E-state index in [0.717, 1.165) is 5.56 Å². The van der Waals surface area contributed by atoms with Crippen molar-refractivity contribution in [2.24, 2.45) is 0 Å². The second kappa shape index (κ2) is 7.02. The van der Waals surface area contributed by atoms with Crippen LogP contribution in [0.3, 0.4) is 0 Å². The number of nitrogens with zero attached hydrogens (tertiary/aromatic N) is 4. The van der Waals surface area contributed by atoms with Crippen molar-refractivity contribution in [2.75, 3.05) is 0 Å². The Bertz CT molecular complexity index is 1200. The van der Waals surface area contributed by atoms with Gasteiger partial charge in [0, 0.05) is 12.4 Å². The van der Waals surface area contributed by atoms with Gasteiger partial charge in [0.15, 0.2) is 0 Å². The molecule has 5 nitrogen and oxygen atoms in total. The summed E-state index contributed by atoms with van der Waals surface area (Å²) < 4.78 is 16.4. The van der Waals surface area contributed by atoms with E-state index >= 15 is 0 Å². The van der Waals surface area contributed by atoms with Gasteiger partial charge in [-0.1, -0.05) is 17.7 Å². The van der Waals surface area contributed by atoms with Gasteiger partial charge in [-0.3, -0.25) is 9.36 Å². The smallest absolute Gasteiger partial charge is 0.268 e. The summed E-state index contributed by atoms with van der Waals surface area (Å²) in [5.74, 6) is 0.0849. The van der Waals surface area contributed by atoms with Gasteiger partial charge in [-0.15, -0.1) is 0 Å². The predicted molar refractivity (Wildman–Crippen MR) is 104 cm³/mol. The third kappa shape index (κ3) is 3.39. The van der Waals surface area contributed by atoms with E-state index in [4.69, 9.17) is 23.8 Å². The quantitative estimate of drug-likeness (QED) is 0.385. The molecule has 0 N–H and O–H groups in total. The first-order valence-corrected chi connectivity index (χ1v) is 8.80. The number of hydrogen-bond acceptors (Lipinski definition) is 4. The molecule has 0 fully saturated rings. The van der Waals surface area contributed by atoms with E-state index in [1.165, 1.54) is 28.8 Å². The lowest BCUT2D eigenvalue weighted by atomic mass is 10.2. The standard InChI is InChI=1S/C19H12ClFN4OS/c20-16-8-3-12(10-22-16)11-24-9-1-2-15-17(24)23-19(27)25(18(15)26)14-6-4-13(21)5-7-14/h1-10H,11H2. The van der Waals surface area contributed by atoms with Gasteiger partial charge >= 0.3 is 0 Å². The molecule has 1 aromatic heterocycles. The zero-order valence-electron chi connectivity index (χ0n) is 13.8. The van der Waals surface area contributed by atoms with Crippen molar-refractivity contribution in [1.82, 2.24) is 19.1 Å². The summed E-state index contributed by atoms with van der Waals surface area (Å²) in [7, 11) is 0. The van der Waals surface area contributed by atoms with Crippen molar-refractivity contribution in [2.45, 2.75) is 6.54 Å². The van der Waals surface area contributed by atoms with E-state index in [1.807, 2.05) is 16.8 Å². The fourth-order valence-corrected chi connectivity index (χ4v) is 3.21. The molecule has 1 aromatic carbocycles. The van der Waals surface area contributed by atoms with Crippen LogP contribution in [-0.2, 0) is 6.54 Å². The van der Waals surface area contributed by atoms with Crippen LogP contribution in [-0.4, -0.2) is 19.1 Å². The van der Waals surface area contributed by atoms with Crippen molar-refractivity contribution in [3.63, 3.8) is 0 Å². The van der Waals surface area contributed by atoms with Gasteiger partial charge in [0.05, 0.1) is 17.8 Å². The molecule has 2 aliphatic rings. The first-order valence-electron chi connectivity index (χ1n) is 8.01. The highest BCUT2D eigenvalue weighted by molar-refractivity contribution is 7.71. The Labute approximate surface area is 163 Å². The highest BCUT2D eigenvalue weighted by Gasteiger charge is 2.16.